The molecule has 0 fully saturated rings. The third-order valence-corrected chi connectivity index (χ3v) is 9.35. The summed E-state index contributed by atoms with van der Waals surface area (Å²) in [5.41, 5.74) is 0. The molecule has 0 saturated heterocycles. The van der Waals surface area contributed by atoms with Crippen LogP contribution in [-0.4, -0.2) is 124 Å². The second-order valence-corrected chi connectivity index (χ2v) is 15.3. The fourth-order valence-electron chi connectivity index (χ4n) is 3.22. The van der Waals surface area contributed by atoms with Gasteiger partial charge in [-0.1, -0.05) is 90.1 Å². The average molecular weight is 850 g/mol. The minimum atomic E-state index is -1.30. The molecule has 0 aliphatic heterocycles. The summed E-state index contributed by atoms with van der Waals surface area (Å²) in [6.07, 6.45) is 10.4. The van der Waals surface area contributed by atoms with Gasteiger partial charge in [0.25, 0.3) is 0 Å². The predicted molar refractivity (Wildman–Crippen MR) is 190 cm³/mol. The summed E-state index contributed by atoms with van der Waals surface area (Å²) in [5.74, 6) is 0.870. The van der Waals surface area contributed by atoms with E-state index in [1.165, 1.54) is 76.6 Å². The molecule has 0 rings (SSSR count). The van der Waals surface area contributed by atoms with Crippen molar-refractivity contribution in [3.05, 3.63) is 0 Å². The van der Waals surface area contributed by atoms with Crippen LogP contribution in [0, 0.1) is 11.8 Å². The third kappa shape index (κ3) is 56.8. The normalized spacial score (nSPS) is 10.4. The fourth-order valence-corrected chi connectivity index (χ4v) is 5.83. The van der Waals surface area contributed by atoms with Gasteiger partial charge in [0.1, 0.15) is 0 Å². The molecule has 0 bridgehead atoms. The quantitative estimate of drug-likeness (QED) is 0.0432. The minimum absolute atomic E-state index is 0.0589. The molecular weight excluding hydrogens is 787 g/mol. The van der Waals surface area contributed by atoms with Crippen molar-refractivity contribution in [3.8, 4) is 0 Å². The summed E-state index contributed by atoms with van der Waals surface area (Å²) in [6, 6.07) is 0. The third-order valence-electron chi connectivity index (χ3n) is 5.83. The number of ether oxygens (including phenoxy) is 4. The Morgan fingerprint density at radius 3 is 1.31 bits per heavy atom. The molecule has 49 heavy (non-hydrogen) atoms. The number of hydrogen-bond acceptors (Lipinski definition) is 16. The van der Waals surface area contributed by atoms with Crippen LogP contribution in [0.1, 0.15) is 91.9 Å². The molecule has 0 saturated carbocycles. The maximum absolute atomic E-state index is 10.8. The second-order valence-electron chi connectivity index (χ2n) is 11.2. The Labute approximate surface area is 314 Å². The first kappa shape index (κ1) is 52.5. The zero-order chi connectivity index (χ0) is 37.4. The van der Waals surface area contributed by atoms with Crippen molar-refractivity contribution in [2.24, 2.45) is 11.8 Å². The fraction of sp³-hybridized carbons (Fsp3) is 0.875. The molecule has 0 aliphatic carbocycles. The first-order valence-corrected chi connectivity index (χ1v) is 21.1. The van der Waals surface area contributed by atoms with Gasteiger partial charge in [0.2, 0.25) is 0 Å². The van der Waals surface area contributed by atoms with E-state index in [0.29, 0.717) is 39.6 Å². The molecule has 0 heterocycles. The predicted octanol–water partition coefficient (Wildman–Crippen LogP) is 2.09. The summed E-state index contributed by atoms with van der Waals surface area (Å²) in [4.78, 5) is 41.6. The summed E-state index contributed by atoms with van der Waals surface area (Å²) >= 11 is 1.63. The molecule has 0 aromatic rings. The van der Waals surface area contributed by atoms with Crippen LogP contribution in [0.2, 0.25) is 0 Å². The van der Waals surface area contributed by atoms with Gasteiger partial charge in [-0.15, -0.1) is 0 Å². The Morgan fingerprint density at radius 2 is 0.980 bits per heavy atom. The van der Waals surface area contributed by atoms with Crippen molar-refractivity contribution in [1.29, 1.82) is 0 Å². The van der Waals surface area contributed by atoms with Crippen molar-refractivity contribution in [3.63, 3.8) is 0 Å². The van der Waals surface area contributed by atoms with Crippen LogP contribution < -0.4 is 19.7 Å². The molecule has 0 atom stereocenters. The second kappa shape index (κ2) is 43.3. The van der Waals surface area contributed by atoms with Crippen LogP contribution in [0.15, 0.2) is 0 Å². The van der Waals surface area contributed by atoms with E-state index in [-0.39, 0.29) is 37.9 Å². The molecule has 288 valence electrons. The Kier molecular flexibility index (Phi) is 46.4. The van der Waals surface area contributed by atoms with Crippen LogP contribution in [0.5, 0.6) is 0 Å². The molecule has 0 aromatic carbocycles. The summed E-state index contributed by atoms with van der Waals surface area (Å²) in [6.45, 7) is 11.2. The van der Waals surface area contributed by atoms with Gasteiger partial charge in [-0.2, -0.15) is 0 Å². The van der Waals surface area contributed by atoms with Crippen molar-refractivity contribution in [2.45, 2.75) is 91.9 Å². The number of unbranched alkanes of at least 4 members (excludes halogenated alkanes) is 4. The first-order valence-electron chi connectivity index (χ1n) is 16.8. The van der Waals surface area contributed by atoms with Gasteiger partial charge in [-0.25, -0.2) is 0 Å². The number of carboxylic acids is 2. The van der Waals surface area contributed by atoms with E-state index in [1.54, 1.807) is 0 Å². The van der Waals surface area contributed by atoms with Crippen molar-refractivity contribution < 1.29 is 54.5 Å². The van der Waals surface area contributed by atoms with Crippen molar-refractivity contribution in [1.82, 2.24) is 9.44 Å². The molecule has 0 spiro atoms. The molecular formula is C32H62N2O12S2Sn. The maximum atomic E-state index is 10.8. The van der Waals surface area contributed by atoms with E-state index in [9.17, 15) is 29.4 Å². The van der Waals surface area contributed by atoms with Gasteiger partial charge in [-0.05, 0) is 24.7 Å². The molecule has 2 N–H and O–H groups in total. The number of carbonyl (C=O) groups is 4. The zero-order valence-corrected chi connectivity index (χ0v) is 35.0. The van der Waals surface area contributed by atoms with Gasteiger partial charge < -0.3 is 19.8 Å². The molecule has 0 aromatic heterocycles. The topological polar surface area (TPSA) is 194 Å². The zero-order valence-electron chi connectivity index (χ0n) is 30.5. The van der Waals surface area contributed by atoms with Gasteiger partial charge in [0.05, 0.1) is 11.9 Å². The van der Waals surface area contributed by atoms with Gasteiger partial charge >= 0.3 is 135 Å². The number of esters is 2. The average Bonchev–Trinajstić information content (AvgIpc) is 3.05. The van der Waals surface area contributed by atoms with Crippen LogP contribution >= 0.6 is 23.9 Å². The van der Waals surface area contributed by atoms with Gasteiger partial charge in [-0.3, -0.25) is 9.44 Å². The number of methoxy groups -OCH3 is 2. The van der Waals surface area contributed by atoms with E-state index in [4.69, 9.17) is 15.6 Å². The molecule has 0 radical (unpaired) electrons. The van der Waals surface area contributed by atoms with Crippen LogP contribution in [0.25, 0.3) is 0 Å². The summed E-state index contributed by atoms with van der Waals surface area (Å²) in [7, 11) is 2.68. The monoisotopic (exact) mass is 850 g/mol. The number of aliphatic carboxylic acids is 2. The summed E-state index contributed by atoms with van der Waals surface area (Å²) in [5, 5.41) is 20.0. The molecule has 0 aliphatic rings. The van der Waals surface area contributed by atoms with Crippen LogP contribution in [0.3, 0.4) is 0 Å². The molecule has 0 amide bonds. The molecule has 0 unspecified atom stereocenters. The van der Waals surface area contributed by atoms with Gasteiger partial charge in [0.15, 0.2) is 0 Å². The van der Waals surface area contributed by atoms with Crippen molar-refractivity contribution >= 4 is 69.7 Å². The Morgan fingerprint density at radius 1 is 0.592 bits per heavy atom. The number of rotatable bonds is 32. The van der Waals surface area contributed by atoms with Crippen molar-refractivity contribution in [2.75, 3.05) is 78.5 Å². The number of hydrogen-bond donors (Lipinski definition) is 2. The van der Waals surface area contributed by atoms with E-state index < -0.39 is 33.9 Å². The van der Waals surface area contributed by atoms with E-state index in [2.05, 4.69) is 46.6 Å². The van der Waals surface area contributed by atoms with E-state index in [0.717, 1.165) is 36.2 Å². The molecule has 17 heteroatoms. The Hall–Kier alpha value is -0.861. The SMILES string of the molecule is CC(C)CCCCCSNCC(=O)[O-].CC(C)CCCCCSNCC(=O)[O-].COC(=O)CCOCC[O][Sn+2][O]CCOCCC(=O)OC. The number of carboxylic acid groups (broad SMARTS) is 2. The standard InChI is InChI=1S/2C10H21NO2S.2C6H11O4.Sn/c2*1-9(2)6-4-3-5-7-14-11-8-10(12)13;2*1-9-6(8)2-4-10-5-3-7;/h2*9,11H,3-8H2,1-2H3,(H,12,13);2*2-5H2,1H3;/q;;2*-1;+4/p-2. The Balaban J connectivity index is -0.000000670. The number of nitrogens with one attached hydrogen (secondary N) is 2. The van der Waals surface area contributed by atoms with Gasteiger partial charge in [0, 0.05) is 24.6 Å². The van der Waals surface area contributed by atoms with E-state index >= 15 is 0 Å². The summed E-state index contributed by atoms with van der Waals surface area (Å²) < 4.78 is 35.4. The number of carbonyl (C=O) groups excluding carboxylic acids is 4. The van der Waals surface area contributed by atoms with Crippen LogP contribution in [-0.2, 0) is 44.3 Å². The van der Waals surface area contributed by atoms with E-state index in [1.807, 2.05) is 0 Å². The Bertz CT molecular complexity index is 712. The first-order chi connectivity index (χ1) is 23.5. The van der Waals surface area contributed by atoms with Crippen LogP contribution in [0.4, 0.5) is 0 Å². The molecule has 14 nitrogen and oxygen atoms in total.